The highest BCUT2D eigenvalue weighted by atomic mass is 32.7. The number of nitrogens with one attached hydrogen (secondary N) is 1. The molecule has 0 saturated carbocycles. The minimum Gasteiger partial charge on any atom is -0.322 e. The predicted molar refractivity (Wildman–Crippen MR) is 46.1 cm³/mol. The van der Waals surface area contributed by atoms with E-state index in [0.717, 1.165) is 0 Å². The standard InChI is InChI=1S/C5H13NO2PS/c1-3-7-9(10)6-5(2)4-8-9/h5-6,10H,3-4H2,1-2H3/t5-/m0/s1. The summed E-state index contributed by atoms with van der Waals surface area (Å²) in [6, 6.07) is 0.373. The maximum absolute atomic E-state index is 5.34. The van der Waals surface area contributed by atoms with E-state index in [1.165, 1.54) is 0 Å². The first-order chi connectivity index (χ1) is 4.66. The normalized spacial score (nSPS) is 40.5. The number of thiol groups is 1. The predicted octanol–water partition coefficient (Wildman–Crippen LogP) is 1.64. The van der Waals surface area contributed by atoms with Crippen LogP contribution in [0.4, 0.5) is 0 Å². The molecule has 3 nitrogen and oxygen atoms in total. The Labute approximate surface area is 67.2 Å². The van der Waals surface area contributed by atoms with Crippen molar-refractivity contribution in [2.45, 2.75) is 19.9 Å². The Hall–Kier alpha value is 0.660. The summed E-state index contributed by atoms with van der Waals surface area (Å²) in [5.41, 5.74) is 0. The van der Waals surface area contributed by atoms with E-state index in [2.05, 4.69) is 24.3 Å². The van der Waals surface area contributed by atoms with Crippen LogP contribution >= 0.6 is 19.3 Å². The van der Waals surface area contributed by atoms with E-state index in [4.69, 9.17) is 9.05 Å². The number of hydrogen-bond donors (Lipinski definition) is 2. The van der Waals surface area contributed by atoms with Gasteiger partial charge < -0.3 is 9.05 Å². The van der Waals surface area contributed by atoms with Crippen LogP contribution in [0, 0.1) is 0 Å². The van der Waals surface area contributed by atoms with E-state index in [1.54, 1.807) is 0 Å². The Kier molecular flexibility index (Phi) is 2.95. The summed E-state index contributed by atoms with van der Waals surface area (Å²) in [7, 11) is -1.93. The van der Waals surface area contributed by atoms with E-state index >= 15 is 0 Å². The van der Waals surface area contributed by atoms with Gasteiger partial charge in [0.05, 0.1) is 13.2 Å². The highest BCUT2D eigenvalue weighted by Gasteiger charge is 2.33. The molecule has 1 unspecified atom stereocenters. The summed E-state index contributed by atoms with van der Waals surface area (Å²) in [6.45, 7) is 5.34. The minimum atomic E-state index is -1.93. The lowest BCUT2D eigenvalue weighted by atomic mass is 10.4. The van der Waals surface area contributed by atoms with Gasteiger partial charge in [-0.2, -0.15) is 0 Å². The lowest BCUT2D eigenvalue weighted by Crippen LogP contribution is -2.18. The van der Waals surface area contributed by atoms with Crippen molar-refractivity contribution in [2.75, 3.05) is 13.2 Å². The fraction of sp³-hybridized carbons (Fsp3) is 1.00. The van der Waals surface area contributed by atoms with Gasteiger partial charge in [0.25, 0.3) is 0 Å². The van der Waals surface area contributed by atoms with Crippen LogP contribution in [0.5, 0.6) is 0 Å². The van der Waals surface area contributed by atoms with Gasteiger partial charge in [-0.05, 0) is 13.8 Å². The van der Waals surface area contributed by atoms with Gasteiger partial charge in [0.2, 0.25) is 7.07 Å². The first-order valence-electron chi connectivity index (χ1n) is 3.35. The van der Waals surface area contributed by atoms with Crippen LogP contribution in [-0.2, 0) is 9.05 Å². The molecule has 0 amide bonds. The van der Waals surface area contributed by atoms with Crippen LogP contribution in [0.2, 0.25) is 0 Å². The van der Waals surface area contributed by atoms with Gasteiger partial charge in [-0.1, -0.05) is 12.2 Å². The highest BCUT2D eigenvalue weighted by molar-refractivity contribution is 8.48. The Morgan fingerprint density at radius 2 is 2.60 bits per heavy atom. The van der Waals surface area contributed by atoms with Gasteiger partial charge >= 0.3 is 0 Å². The highest BCUT2D eigenvalue weighted by Crippen LogP contribution is 2.64. The first kappa shape index (κ1) is 8.75. The third-order valence-electron chi connectivity index (χ3n) is 1.19. The summed E-state index contributed by atoms with van der Waals surface area (Å²) in [5.74, 6) is 0. The molecule has 1 heterocycles. The molecule has 1 saturated heterocycles. The molecule has 0 aromatic carbocycles. The van der Waals surface area contributed by atoms with E-state index in [9.17, 15) is 0 Å². The summed E-state index contributed by atoms with van der Waals surface area (Å²) >= 11 is 4.28. The molecule has 0 aromatic rings. The van der Waals surface area contributed by atoms with Gasteiger partial charge in [-0.15, -0.1) is 0 Å². The zero-order valence-corrected chi connectivity index (χ0v) is 7.99. The molecule has 1 N–H and O–H groups in total. The van der Waals surface area contributed by atoms with Crippen molar-refractivity contribution in [3.63, 3.8) is 0 Å². The Morgan fingerprint density at radius 1 is 1.90 bits per heavy atom. The van der Waals surface area contributed by atoms with Crippen LogP contribution in [0.15, 0.2) is 0 Å². The lowest BCUT2D eigenvalue weighted by molar-refractivity contribution is 0.278. The van der Waals surface area contributed by atoms with Crippen molar-refractivity contribution >= 4 is 19.3 Å². The molecule has 0 aliphatic carbocycles. The summed E-state index contributed by atoms with van der Waals surface area (Å²) in [6.07, 6.45) is 0. The largest absolute Gasteiger partial charge is 0.322 e. The van der Waals surface area contributed by atoms with Gasteiger partial charge in [0.15, 0.2) is 0 Å². The van der Waals surface area contributed by atoms with E-state index < -0.39 is 7.07 Å². The molecule has 10 heavy (non-hydrogen) atoms. The third-order valence-corrected chi connectivity index (χ3v) is 4.10. The van der Waals surface area contributed by atoms with Crippen molar-refractivity contribution in [1.82, 2.24) is 5.09 Å². The van der Waals surface area contributed by atoms with Crippen LogP contribution in [0.3, 0.4) is 0 Å². The molecule has 1 fully saturated rings. The summed E-state index contributed by atoms with van der Waals surface area (Å²) < 4.78 is 10.6. The number of rotatable bonds is 2. The van der Waals surface area contributed by atoms with Gasteiger partial charge in [0.1, 0.15) is 0 Å². The van der Waals surface area contributed by atoms with E-state index in [1.807, 2.05) is 6.92 Å². The topological polar surface area (TPSA) is 30.5 Å². The smallest absolute Gasteiger partial charge is 0.226 e. The van der Waals surface area contributed by atoms with Crippen molar-refractivity contribution in [1.29, 1.82) is 0 Å². The second-order valence-electron chi connectivity index (χ2n) is 2.26. The van der Waals surface area contributed by atoms with E-state index in [-0.39, 0.29) is 0 Å². The SMILES string of the molecule is CCO[P]1(S)N[C@@H](C)CO1. The zero-order chi connectivity index (χ0) is 7.61. The maximum Gasteiger partial charge on any atom is 0.226 e. The average molecular weight is 182 g/mol. The molecule has 0 bridgehead atoms. The number of hydrogen-bond acceptors (Lipinski definition) is 4. The van der Waals surface area contributed by atoms with Gasteiger partial charge in [-0.3, -0.25) is 0 Å². The van der Waals surface area contributed by atoms with Gasteiger partial charge in [0, 0.05) is 6.04 Å². The molecule has 61 valence electrons. The maximum atomic E-state index is 5.34. The fourth-order valence-corrected chi connectivity index (χ4v) is 3.58. The molecular weight excluding hydrogens is 169 g/mol. The Balaban J connectivity index is 2.38. The van der Waals surface area contributed by atoms with E-state index in [0.29, 0.717) is 19.3 Å². The van der Waals surface area contributed by atoms with Crippen LogP contribution < -0.4 is 5.09 Å². The Bertz CT molecular complexity index is 122. The first-order valence-corrected chi connectivity index (χ1v) is 6.12. The third kappa shape index (κ3) is 2.07. The molecule has 5 heteroatoms. The van der Waals surface area contributed by atoms with Crippen LogP contribution in [0.25, 0.3) is 0 Å². The second-order valence-corrected chi connectivity index (χ2v) is 5.66. The minimum absolute atomic E-state index is 0.373. The van der Waals surface area contributed by atoms with Gasteiger partial charge in [-0.25, -0.2) is 5.09 Å². The molecule has 1 rings (SSSR count). The fourth-order valence-electron chi connectivity index (χ4n) is 0.815. The van der Waals surface area contributed by atoms with Crippen LogP contribution in [-0.4, -0.2) is 19.3 Å². The quantitative estimate of drug-likeness (QED) is 0.502. The molecule has 0 spiro atoms. The molecule has 1 aliphatic rings. The monoisotopic (exact) mass is 182 g/mol. The zero-order valence-electron chi connectivity index (χ0n) is 6.20. The van der Waals surface area contributed by atoms with Crippen molar-refractivity contribution < 1.29 is 9.05 Å². The van der Waals surface area contributed by atoms with Crippen molar-refractivity contribution in [3.8, 4) is 0 Å². The molecule has 1 radical (unpaired) electrons. The molecule has 1 aliphatic heterocycles. The van der Waals surface area contributed by atoms with Crippen LogP contribution in [0.1, 0.15) is 13.8 Å². The molecular formula is C5H13NO2PS. The summed E-state index contributed by atoms with van der Waals surface area (Å²) in [4.78, 5) is 0. The summed E-state index contributed by atoms with van der Waals surface area (Å²) in [5, 5.41) is 3.16. The average Bonchev–Trinajstić information content (AvgIpc) is 2.12. The molecule has 2 atom stereocenters. The Morgan fingerprint density at radius 3 is 3.00 bits per heavy atom. The molecule has 0 aromatic heterocycles. The lowest BCUT2D eigenvalue weighted by Gasteiger charge is -2.22. The van der Waals surface area contributed by atoms with Crippen molar-refractivity contribution in [3.05, 3.63) is 0 Å². The van der Waals surface area contributed by atoms with Crippen molar-refractivity contribution in [2.24, 2.45) is 0 Å². The second kappa shape index (κ2) is 3.37.